The minimum absolute atomic E-state index is 0.141. The van der Waals surface area contributed by atoms with Gasteiger partial charge in [-0.25, -0.2) is 4.39 Å². The van der Waals surface area contributed by atoms with E-state index in [2.05, 4.69) is 10.8 Å². The molecule has 2 fully saturated rings. The zero-order valence-corrected chi connectivity index (χ0v) is 16.0. The molecule has 0 bridgehead atoms. The van der Waals surface area contributed by atoms with E-state index in [4.69, 9.17) is 4.84 Å². The summed E-state index contributed by atoms with van der Waals surface area (Å²) < 4.78 is 51.9. The Morgan fingerprint density at radius 1 is 1.23 bits per heavy atom. The number of carbonyl (C=O) groups excluding carboxylic acids is 2. The quantitative estimate of drug-likeness (QED) is 0.725. The Bertz CT molecular complexity index is 888. The summed E-state index contributed by atoms with van der Waals surface area (Å²) >= 11 is 0. The highest BCUT2D eigenvalue weighted by molar-refractivity contribution is 5.94. The summed E-state index contributed by atoms with van der Waals surface area (Å²) in [5.41, 5.74) is 0.716. The smallest absolute Gasteiger partial charge is 0.350 e. The number of alkyl halides is 3. The number of amides is 2. The lowest BCUT2D eigenvalue weighted by molar-refractivity contribution is -0.140. The van der Waals surface area contributed by atoms with Crippen molar-refractivity contribution in [3.05, 3.63) is 46.9 Å². The fraction of sp³-hybridized carbons (Fsp3) is 0.500. The lowest BCUT2D eigenvalue weighted by Crippen LogP contribution is -2.46. The average molecular weight is 427 g/mol. The van der Waals surface area contributed by atoms with Gasteiger partial charge in [0.25, 0.3) is 11.8 Å². The molecule has 1 aromatic carbocycles. The molecular formula is C20H21F4N3O3. The molecule has 2 aliphatic heterocycles. The maximum atomic E-state index is 13.8. The van der Waals surface area contributed by atoms with Gasteiger partial charge in [0, 0.05) is 38.0 Å². The van der Waals surface area contributed by atoms with Crippen molar-refractivity contribution in [1.29, 1.82) is 0 Å². The molecule has 6 nitrogen and oxygen atoms in total. The molecule has 30 heavy (non-hydrogen) atoms. The van der Waals surface area contributed by atoms with E-state index < -0.39 is 29.1 Å². The molecule has 2 amide bonds. The Balaban J connectivity index is 1.36. The topological polar surface area (TPSA) is 70.7 Å². The van der Waals surface area contributed by atoms with Crippen LogP contribution < -0.4 is 10.8 Å². The van der Waals surface area contributed by atoms with Crippen molar-refractivity contribution >= 4 is 11.8 Å². The largest absolute Gasteiger partial charge is 0.419 e. The van der Waals surface area contributed by atoms with Gasteiger partial charge in [0.05, 0.1) is 5.56 Å². The molecule has 1 aromatic rings. The summed E-state index contributed by atoms with van der Waals surface area (Å²) in [6.07, 6.45) is -0.0535. The number of piperidine rings is 1. The molecule has 4 rings (SSSR count). The van der Waals surface area contributed by atoms with Crippen LogP contribution in [0.25, 0.3) is 0 Å². The predicted molar refractivity (Wildman–Crippen MR) is 97.3 cm³/mol. The first-order chi connectivity index (χ1) is 14.2. The first-order valence-corrected chi connectivity index (χ1v) is 9.78. The van der Waals surface area contributed by atoms with E-state index in [0.717, 1.165) is 18.9 Å². The Kier molecular flexibility index (Phi) is 5.21. The third-order valence-electron chi connectivity index (χ3n) is 5.68. The maximum absolute atomic E-state index is 13.8. The normalized spacial score (nSPS) is 20.7. The molecule has 0 aromatic heterocycles. The SMILES string of the molecule is O=C(NCC1CC1)C1=CC2(CCN(C(=O)c3ccc(C(F)(F)F)c(F)c3)CC2)ON1. The van der Waals surface area contributed by atoms with Crippen LogP contribution in [-0.2, 0) is 15.8 Å². The molecular weight excluding hydrogens is 406 g/mol. The van der Waals surface area contributed by atoms with Crippen LogP contribution in [0.4, 0.5) is 17.6 Å². The second-order valence-corrected chi connectivity index (χ2v) is 7.96. The third kappa shape index (κ3) is 4.28. The predicted octanol–water partition coefficient (Wildman–Crippen LogP) is 2.76. The van der Waals surface area contributed by atoms with Gasteiger partial charge >= 0.3 is 6.18 Å². The monoisotopic (exact) mass is 427 g/mol. The molecule has 10 heteroatoms. The van der Waals surface area contributed by atoms with Gasteiger partial charge in [0.1, 0.15) is 17.1 Å². The fourth-order valence-electron chi connectivity index (χ4n) is 3.64. The molecule has 1 saturated carbocycles. The summed E-state index contributed by atoms with van der Waals surface area (Å²) in [7, 11) is 0. The van der Waals surface area contributed by atoms with Gasteiger partial charge in [-0.2, -0.15) is 13.2 Å². The van der Waals surface area contributed by atoms with Gasteiger partial charge in [-0.3, -0.25) is 19.9 Å². The lowest BCUT2D eigenvalue weighted by Gasteiger charge is -2.36. The number of hydroxylamine groups is 1. The van der Waals surface area contributed by atoms with Gasteiger partial charge in [-0.15, -0.1) is 0 Å². The molecule has 2 heterocycles. The summed E-state index contributed by atoms with van der Waals surface area (Å²) in [6, 6.07) is 2.17. The molecule has 3 aliphatic rings. The van der Waals surface area contributed by atoms with Crippen molar-refractivity contribution in [3.8, 4) is 0 Å². The van der Waals surface area contributed by atoms with Crippen molar-refractivity contribution in [3.63, 3.8) is 0 Å². The van der Waals surface area contributed by atoms with E-state index in [-0.39, 0.29) is 24.6 Å². The molecule has 0 atom stereocenters. The van der Waals surface area contributed by atoms with Gasteiger partial charge in [-0.1, -0.05) is 0 Å². The zero-order chi connectivity index (χ0) is 21.5. The van der Waals surface area contributed by atoms with Gasteiger partial charge in [0.2, 0.25) is 0 Å². The van der Waals surface area contributed by atoms with E-state index in [1.807, 2.05) is 0 Å². The Morgan fingerprint density at radius 2 is 1.93 bits per heavy atom. The molecule has 162 valence electrons. The Labute approximate surface area is 170 Å². The molecule has 2 N–H and O–H groups in total. The number of likely N-dealkylation sites (tertiary alicyclic amines) is 1. The number of hydrogen-bond acceptors (Lipinski definition) is 4. The minimum atomic E-state index is -4.81. The summed E-state index contributed by atoms with van der Waals surface area (Å²) in [5.74, 6) is -1.71. The number of nitrogens with one attached hydrogen (secondary N) is 2. The summed E-state index contributed by atoms with van der Waals surface area (Å²) in [4.78, 5) is 31.8. The minimum Gasteiger partial charge on any atom is -0.350 e. The van der Waals surface area contributed by atoms with Crippen molar-refractivity contribution in [2.45, 2.75) is 37.5 Å². The second-order valence-electron chi connectivity index (χ2n) is 7.96. The zero-order valence-electron chi connectivity index (χ0n) is 16.0. The number of rotatable bonds is 4. The molecule has 0 radical (unpaired) electrons. The van der Waals surface area contributed by atoms with Crippen molar-refractivity contribution in [2.24, 2.45) is 5.92 Å². The highest BCUT2D eigenvalue weighted by atomic mass is 19.4. The second kappa shape index (κ2) is 7.57. The van der Waals surface area contributed by atoms with Crippen LogP contribution in [0.5, 0.6) is 0 Å². The standard InChI is InChI=1S/C20H21F4N3O3/c21-15-9-13(3-4-14(15)20(22,23)24)18(29)27-7-5-19(6-8-27)10-16(26-30-19)17(28)25-11-12-1-2-12/h3-4,9-10,12,26H,1-2,5-8,11H2,(H,25,28). The van der Waals surface area contributed by atoms with Crippen molar-refractivity contribution in [1.82, 2.24) is 15.7 Å². The van der Waals surface area contributed by atoms with Crippen LogP contribution in [0.1, 0.15) is 41.6 Å². The molecule has 0 unspecified atom stereocenters. The van der Waals surface area contributed by atoms with E-state index in [1.165, 1.54) is 4.90 Å². The summed E-state index contributed by atoms with van der Waals surface area (Å²) in [6.45, 7) is 1.16. The van der Waals surface area contributed by atoms with E-state index in [9.17, 15) is 27.2 Å². The van der Waals surface area contributed by atoms with Gasteiger partial charge in [0.15, 0.2) is 0 Å². The highest BCUT2D eigenvalue weighted by Gasteiger charge is 2.41. The van der Waals surface area contributed by atoms with Crippen LogP contribution in [0.3, 0.4) is 0 Å². The molecule has 1 spiro atoms. The van der Waals surface area contributed by atoms with Gasteiger partial charge < -0.3 is 10.2 Å². The Hall–Kier alpha value is -2.62. The first kappa shape index (κ1) is 20.6. The van der Waals surface area contributed by atoms with Gasteiger partial charge in [-0.05, 0) is 43.0 Å². The van der Waals surface area contributed by atoms with Crippen molar-refractivity contribution < 1.29 is 32.0 Å². The number of nitrogens with zero attached hydrogens (tertiary/aromatic N) is 1. The average Bonchev–Trinajstić information content (AvgIpc) is 3.45. The Morgan fingerprint density at radius 3 is 2.53 bits per heavy atom. The highest BCUT2D eigenvalue weighted by Crippen LogP contribution is 2.34. The third-order valence-corrected chi connectivity index (χ3v) is 5.68. The number of halogens is 4. The summed E-state index contributed by atoms with van der Waals surface area (Å²) in [5, 5.41) is 2.85. The van der Waals surface area contributed by atoms with E-state index >= 15 is 0 Å². The number of carbonyl (C=O) groups is 2. The molecule has 1 saturated heterocycles. The number of benzene rings is 1. The molecule has 1 aliphatic carbocycles. The fourth-order valence-corrected chi connectivity index (χ4v) is 3.64. The first-order valence-electron chi connectivity index (χ1n) is 9.78. The maximum Gasteiger partial charge on any atom is 0.419 e. The van der Waals surface area contributed by atoms with E-state index in [0.29, 0.717) is 43.1 Å². The van der Waals surface area contributed by atoms with Crippen LogP contribution in [0.15, 0.2) is 30.0 Å². The van der Waals surface area contributed by atoms with Crippen LogP contribution in [0, 0.1) is 11.7 Å². The lowest BCUT2D eigenvalue weighted by atomic mass is 9.90. The van der Waals surface area contributed by atoms with Crippen molar-refractivity contribution in [2.75, 3.05) is 19.6 Å². The van der Waals surface area contributed by atoms with Crippen LogP contribution in [-0.4, -0.2) is 41.9 Å². The van der Waals surface area contributed by atoms with Crippen LogP contribution >= 0.6 is 0 Å². The number of hydrogen-bond donors (Lipinski definition) is 2. The van der Waals surface area contributed by atoms with Crippen LogP contribution in [0.2, 0.25) is 0 Å². The van der Waals surface area contributed by atoms with E-state index in [1.54, 1.807) is 6.08 Å².